The number of fused-ring (bicyclic) bond motifs is 1. The number of hydrogen-bond acceptors (Lipinski definition) is 5. The van der Waals surface area contributed by atoms with Crippen molar-refractivity contribution in [2.75, 3.05) is 5.75 Å². The first-order valence-electron chi connectivity index (χ1n) is 6.56. The molecule has 0 aliphatic rings. The summed E-state index contributed by atoms with van der Waals surface area (Å²) in [6.07, 6.45) is 1.64. The summed E-state index contributed by atoms with van der Waals surface area (Å²) < 4.78 is 5.54. The summed E-state index contributed by atoms with van der Waals surface area (Å²) in [6, 6.07) is 11.0. The van der Waals surface area contributed by atoms with Crippen LogP contribution in [0.3, 0.4) is 0 Å². The van der Waals surface area contributed by atoms with Gasteiger partial charge in [0.25, 0.3) is 5.22 Å². The van der Waals surface area contributed by atoms with Crippen molar-refractivity contribution >= 4 is 40.4 Å². The van der Waals surface area contributed by atoms with Gasteiger partial charge in [0.05, 0.1) is 5.75 Å². The highest BCUT2D eigenvalue weighted by Crippen LogP contribution is 2.22. The monoisotopic (exact) mass is 333 g/mol. The van der Waals surface area contributed by atoms with E-state index in [0.717, 1.165) is 16.7 Å². The standard InChI is InChI=1S/C15H12ClN3O2S/c16-13-6-5-10(7-17-13)8-18-14(20)9-22-15-19-11-3-1-2-4-12(11)21-15/h1-7H,8-9H2,(H,18,20). The summed E-state index contributed by atoms with van der Waals surface area (Å²) in [4.78, 5) is 20.1. The van der Waals surface area contributed by atoms with Gasteiger partial charge < -0.3 is 9.73 Å². The third-order valence-electron chi connectivity index (χ3n) is 2.88. The Kier molecular flexibility index (Phi) is 4.60. The first-order valence-corrected chi connectivity index (χ1v) is 7.92. The molecule has 5 nitrogen and oxygen atoms in total. The quantitative estimate of drug-likeness (QED) is 0.573. The van der Waals surface area contributed by atoms with Crippen LogP contribution in [0.1, 0.15) is 5.56 Å². The van der Waals surface area contributed by atoms with Gasteiger partial charge in [-0.1, -0.05) is 41.6 Å². The molecule has 0 saturated carbocycles. The van der Waals surface area contributed by atoms with Crippen molar-refractivity contribution in [1.82, 2.24) is 15.3 Å². The maximum Gasteiger partial charge on any atom is 0.257 e. The second kappa shape index (κ2) is 6.81. The Hall–Kier alpha value is -2.05. The van der Waals surface area contributed by atoms with Crippen LogP contribution in [0.5, 0.6) is 0 Å². The van der Waals surface area contributed by atoms with E-state index in [1.54, 1.807) is 12.3 Å². The van der Waals surface area contributed by atoms with Crippen molar-refractivity contribution in [3.63, 3.8) is 0 Å². The molecule has 0 saturated heterocycles. The summed E-state index contributed by atoms with van der Waals surface area (Å²) >= 11 is 6.97. The molecule has 2 aromatic heterocycles. The van der Waals surface area contributed by atoms with Crippen LogP contribution in [-0.2, 0) is 11.3 Å². The Morgan fingerprint density at radius 1 is 1.27 bits per heavy atom. The van der Waals surface area contributed by atoms with E-state index in [1.165, 1.54) is 11.8 Å². The molecule has 2 heterocycles. The fourth-order valence-corrected chi connectivity index (χ4v) is 2.58. The van der Waals surface area contributed by atoms with Crippen LogP contribution in [0.25, 0.3) is 11.1 Å². The predicted molar refractivity (Wildman–Crippen MR) is 85.8 cm³/mol. The maximum absolute atomic E-state index is 11.8. The number of thioether (sulfide) groups is 1. The number of nitrogens with one attached hydrogen (secondary N) is 1. The van der Waals surface area contributed by atoms with Crippen molar-refractivity contribution in [2.24, 2.45) is 0 Å². The SMILES string of the molecule is O=C(CSc1nc2ccccc2o1)NCc1ccc(Cl)nc1. The summed E-state index contributed by atoms with van der Waals surface area (Å²) in [5.41, 5.74) is 2.40. The van der Waals surface area contributed by atoms with Gasteiger partial charge >= 0.3 is 0 Å². The molecule has 1 N–H and O–H groups in total. The molecule has 3 aromatic rings. The zero-order chi connectivity index (χ0) is 15.4. The van der Waals surface area contributed by atoms with E-state index in [2.05, 4.69) is 15.3 Å². The number of oxazole rings is 1. The molecule has 112 valence electrons. The number of rotatable bonds is 5. The van der Waals surface area contributed by atoms with E-state index in [4.69, 9.17) is 16.0 Å². The average molecular weight is 334 g/mol. The van der Waals surface area contributed by atoms with Crippen LogP contribution in [0.15, 0.2) is 52.2 Å². The molecule has 22 heavy (non-hydrogen) atoms. The Balaban J connectivity index is 1.50. The van der Waals surface area contributed by atoms with Crippen molar-refractivity contribution in [3.8, 4) is 0 Å². The lowest BCUT2D eigenvalue weighted by Gasteiger charge is -2.03. The highest BCUT2D eigenvalue weighted by atomic mass is 35.5. The highest BCUT2D eigenvalue weighted by molar-refractivity contribution is 7.99. The van der Waals surface area contributed by atoms with Crippen LogP contribution >= 0.6 is 23.4 Å². The first-order chi connectivity index (χ1) is 10.7. The maximum atomic E-state index is 11.8. The van der Waals surface area contributed by atoms with Crippen LogP contribution in [0, 0.1) is 0 Å². The summed E-state index contributed by atoms with van der Waals surface area (Å²) in [5, 5.41) is 3.73. The molecule has 0 atom stereocenters. The van der Waals surface area contributed by atoms with Crippen molar-refractivity contribution in [1.29, 1.82) is 0 Å². The van der Waals surface area contributed by atoms with Crippen molar-refractivity contribution in [2.45, 2.75) is 11.8 Å². The number of carbonyl (C=O) groups excluding carboxylic acids is 1. The smallest absolute Gasteiger partial charge is 0.257 e. The zero-order valence-corrected chi connectivity index (χ0v) is 13.0. The normalized spacial score (nSPS) is 10.8. The zero-order valence-electron chi connectivity index (χ0n) is 11.5. The topological polar surface area (TPSA) is 68.0 Å². The Labute approximate surface area is 136 Å². The van der Waals surface area contributed by atoms with E-state index in [0.29, 0.717) is 16.9 Å². The Morgan fingerprint density at radius 3 is 2.91 bits per heavy atom. The molecule has 0 aliphatic heterocycles. The van der Waals surface area contributed by atoms with E-state index in [-0.39, 0.29) is 11.7 Å². The molecule has 1 amide bonds. The molecule has 0 fully saturated rings. The molecular formula is C15H12ClN3O2S. The van der Waals surface area contributed by atoms with Gasteiger partial charge in [0.1, 0.15) is 10.7 Å². The van der Waals surface area contributed by atoms with Gasteiger partial charge in [0.15, 0.2) is 5.58 Å². The lowest BCUT2D eigenvalue weighted by molar-refractivity contribution is -0.118. The molecule has 0 spiro atoms. The van der Waals surface area contributed by atoms with E-state index < -0.39 is 0 Å². The Bertz CT molecular complexity index is 756. The number of amides is 1. The largest absolute Gasteiger partial charge is 0.431 e. The van der Waals surface area contributed by atoms with Gasteiger partial charge in [-0.05, 0) is 23.8 Å². The molecule has 0 bridgehead atoms. The minimum Gasteiger partial charge on any atom is -0.431 e. The number of halogens is 1. The third-order valence-corrected chi connectivity index (χ3v) is 3.93. The van der Waals surface area contributed by atoms with Crippen LogP contribution in [0.2, 0.25) is 5.15 Å². The third kappa shape index (κ3) is 3.78. The summed E-state index contributed by atoms with van der Waals surface area (Å²) in [6.45, 7) is 0.414. The van der Waals surface area contributed by atoms with E-state index >= 15 is 0 Å². The molecule has 0 unspecified atom stereocenters. The van der Waals surface area contributed by atoms with Gasteiger partial charge in [0, 0.05) is 12.7 Å². The minimum atomic E-state index is -0.0952. The second-order valence-corrected chi connectivity index (χ2v) is 5.82. The number of carbonyl (C=O) groups is 1. The Morgan fingerprint density at radius 2 is 2.14 bits per heavy atom. The van der Waals surface area contributed by atoms with Gasteiger partial charge in [-0.15, -0.1) is 0 Å². The van der Waals surface area contributed by atoms with Crippen LogP contribution in [-0.4, -0.2) is 21.6 Å². The number of pyridine rings is 1. The van der Waals surface area contributed by atoms with Crippen LogP contribution < -0.4 is 5.32 Å². The van der Waals surface area contributed by atoms with Crippen molar-refractivity contribution < 1.29 is 9.21 Å². The molecule has 0 aliphatic carbocycles. The number of nitrogens with zero attached hydrogens (tertiary/aromatic N) is 2. The molecule has 0 radical (unpaired) electrons. The fourth-order valence-electron chi connectivity index (χ4n) is 1.80. The fraction of sp³-hybridized carbons (Fsp3) is 0.133. The van der Waals surface area contributed by atoms with Crippen LogP contribution in [0.4, 0.5) is 0 Å². The average Bonchev–Trinajstić information content (AvgIpc) is 2.95. The summed E-state index contributed by atoms with van der Waals surface area (Å²) in [5.74, 6) is 0.149. The molecular weight excluding hydrogens is 322 g/mol. The number of aromatic nitrogens is 2. The summed E-state index contributed by atoms with van der Waals surface area (Å²) in [7, 11) is 0. The van der Waals surface area contributed by atoms with Crippen molar-refractivity contribution in [3.05, 3.63) is 53.3 Å². The van der Waals surface area contributed by atoms with Gasteiger partial charge in [0.2, 0.25) is 5.91 Å². The number of hydrogen-bond donors (Lipinski definition) is 1. The lowest BCUT2D eigenvalue weighted by atomic mass is 10.3. The predicted octanol–water partition coefficient (Wildman–Crippen LogP) is 3.28. The first kappa shape index (κ1) is 14.9. The van der Waals surface area contributed by atoms with E-state index in [1.807, 2.05) is 30.3 Å². The highest BCUT2D eigenvalue weighted by Gasteiger charge is 2.09. The van der Waals surface area contributed by atoms with Gasteiger partial charge in [-0.3, -0.25) is 4.79 Å². The second-order valence-electron chi connectivity index (χ2n) is 4.50. The van der Waals surface area contributed by atoms with Gasteiger partial charge in [-0.2, -0.15) is 0 Å². The number of para-hydroxylation sites is 2. The number of benzene rings is 1. The lowest BCUT2D eigenvalue weighted by Crippen LogP contribution is -2.24. The molecule has 3 rings (SSSR count). The molecule has 7 heteroatoms. The minimum absolute atomic E-state index is 0.0952. The van der Waals surface area contributed by atoms with Gasteiger partial charge in [-0.25, -0.2) is 9.97 Å². The van der Waals surface area contributed by atoms with E-state index in [9.17, 15) is 4.79 Å². The molecule has 1 aromatic carbocycles.